The van der Waals surface area contributed by atoms with Crippen LogP contribution in [0.15, 0.2) is 60.7 Å². The van der Waals surface area contributed by atoms with Gasteiger partial charge in [-0.25, -0.2) is 0 Å². The van der Waals surface area contributed by atoms with E-state index in [1.165, 1.54) is 30.4 Å². The first-order chi connectivity index (χ1) is 19.3. The van der Waals surface area contributed by atoms with E-state index in [0.717, 1.165) is 25.8 Å². The first kappa shape index (κ1) is 28.7. The number of ether oxygens (including phenoxy) is 2. The van der Waals surface area contributed by atoms with Crippen LogP contribution in [0.5, 0.6) is 0 Å². The summed E-state index contributed by atoms with van der Waals surface area (Å²) in [5.41, 5.74) is 8.04. The third kappa shape index (κ3) is 10.1. The summed E-state index contributed by atoms with van der Waals surface area (Å²) in [5.74, 6) is 2.00. The van der Waals surface area contributed by atoms with Crippen molar-refractivity contribution in [2.45, 2.75) is 50.5 Å². The number of nitrogens with zero attached hydrogens (tertiary/aromatic N) is 3. The number of benzene rings is 2. The fourth-order valence-corrected chi connectivity index (χ4v) is 4.89. The van der Waals surface area contributed by atoms with Gasteiger partial charge in [0.05, 0.1) is 26.4 Å². The Kier molecular flexibility index (Phi) is 12.3. The molecule has 3 aromatic rings. The predicted molar refractivity (Wildman–Crippen MR) is 157 cm³/mol. The van der Waals surface area contributed by atoms with Crippen LogP contribution in [0.1, 0.15) is 55.6 Å². The smallest absolute Gasteiger partial charge is 0.229 e. The van der Waals surface area contributed by atoms with E-state index in [0.29, 0.717) is 63.4 Å². The maximum Gasteiger partial charge on any atom is 0.229 e. The highest BCUT2D eigenvalue weighted by molar-refractivity contribution is 5.43. The van der Waals surface area contributed by atoms with E-state index in [9.17, 15) is 0 Å². The molecule has 1 heterocycles. The van der Waals surface area contributed by atoms with E-state index in [4.69, 9.17) is 20.2 Å². The molecule has 210 valence electrons. The molecule has 0 spiro atoms. The van der Waals surface area contributed by atoms with Crippen LogP contribution in [0.2, 0.25) is 0 Å². The van der Waals surface area contributed by atoms with Crippen molar-refractivity contribution in [1.82, 2.24) is 15.0 Å². The number of aromatic nitrogens is 3. The lowest BCUT2D eigenvalue weighted by atomic mass is 9.88. The zero-order chi connectivity index (χ0) is 27.0. The molecular formula is C30H43N7O2. The maximum atomic E-state index is 5.63. The van der Waals surface area contributed by atoms with Crippen molar-refractivity contribution >= 4 is 17.8 Å². The van der Waals surface area contributed by atoms with Gasteiger partial charge in [-0.2, -0.15) is 15.0 Å². The molecule has 39 heavy (non-hydrogen) atoms. The number of anilines is 3. The molecule has 9 nitrogen and oxygen atoms in total. The summed E-state index contributed by atoms with van der Waals surface area (Å²) in [4.78, 5) is 14.0. The van der Waals surface area contributed by atoms with Gasteiger partial charge >= 0.3 is 0 Å². The van der Waals surface area contributed by atoms with E-state index < -0.39 is 0 Å². The molecule has 2 aromatic carbocycles. The molecule has 0 bridgehead atoms. The molecule has 1 aliphatic rings. The Bertz CT molecular complexity index is 1030. The molecule has 1 aromatic heterocycles. The van der Waals surface area contributed by atoms with Gasteiger partial charge in [-0.1, -0.05) is 79.9 Å². The van der Waals surface area contributed by atoms with Crippen molar-refractivity contribution in [2.24, 2.45) is 5.73 Å². The summed E-state index contributed by atoms with van der Waals surface area (Å²) in [5, 5.41) is 10.3. The molecule has 0 amide bonds. The highest BCUT2D eigenvalue weighted by atomic mass is 16.5. The average molecular weight is 534 g/mol. The zero-order valence-corrected chi connectivity index (χ0v) is 22.9. The summed E-state index contributed by atoms with van der Waals surface area (Å²) in [6.45, 7) is 4.00. The second-order valence-electron chi connectivity index (χ2n) is 9.82. The molecule has 0 aliphatic heterocycles. The highest BCUT2D eigenvalue weighted by Crippen LogP contribution is 2.28. The van der Waals surface area contributed by atoms with Crippen LogP contribution < -0.4 is 21.7 Å². The predicted octanol–water partition coefficient (Wildman–Crippen LogP) is 4.65. The summed E-state index contributed by atoms with van der Waals surface area (Å²) >= 11 is 0. The summed E-state index contributed by atoms with van der Waals surface area (Å²) in [6, 6.07) is 21.7. The number of nitrogens with one attached hydrogen (secondary N) is 3. The van der Waals surface area contributed by atoms with E-state index >= 15 is 0 Å². The van der Waals surface area contributed by atoms with Crippen LogP contribution >= 0.6 is 0 Å². The third-order valence-corrected chi connectivity index (χ3v) is 6.86. The van der Waals surface area contributed by atoms with Crippen molar-refractivity contribution in [3.05, 3.63) is 71.8 Å². The van der Waals surface area contributed by atoms with Crippen LogP contribution in [0.25, 0.3) is 0 Å². The molecule has 5 N–H and O–H groups in total. The van der Waals surface area contributed by atoms with Crippen molar-refractivity contribution in [3.63, 3.8) is 0 Å². The topological polar surface area (TPSA) is 119 Å². The SMILES string of the molecule is NCCOCCOCCNc1nc(NCCC(c2ccccc2)c2ccccc2)nc(NC2CCCCC2)n1. The van der Waals surface area contributed by atoms with Crippen molar-refractivity contribution in [1.29, 1.82) is 0 Å². The molecule has 0 unspecified atom stereocenters. The summed E-state index contributed by atoms with van der Waals surface area (Å²) in [6.07, 6.45) is 6.99. The van der Waals surface area contributed by atoms with Gasteiger partial charge in [-0.05, 0) is 30.4 Å². The minimum absolute atomic E-state index is 0.283. The lowest BCUT2D eigenvalue weighted by Crippen LogP contribution is -2.24. The van der Waals surface area contributed by atoms with Crippen molar-refractivity contribution in [3.8, 4) is 0 Å². The Balaban J connectivity index is 1.37. The quantitative estimate of drug-likeness (QED) is 0.184. The third-order valence-electron chi connectivity index (χ3n) is 6.86. The maximum absolute atomic E-state index is 5.63. The van der Waals surface area contributed by atoms with Crippen LogP contribution in [0, 0.1) is 0 Å². The Morgan fingerprint density at radius 2 is 1.26 bits per heavy atom. The van der Waals surface area contributed by atoms with E-state index in [1.807, 2.05) is 0 Å². The Morgan fingerprint density at radius 3 is 1.87 bits per heavy atom. The van der Waals surface area contributed by atoms with Crippen molar-refractivity contribution < 1.29 is 9.47 Å². The lowest BCUT2D eigenvalue weighted by molar-refractivity contribution is 0.0547. The van der Waals surface area contributed by atoms with E-state index in [1.54, 1.807) is 0 Å². The summed E-state index contributed by atoms with van der Waals surface area (Å²) in [7, 11) is 0. The molecule has 1 saturated carbocycles. The first-order valence-corrected chi connectivity index (χ1v) is 14.3. The minimum atomic E-state index is 0.283. The molecule has 0 radical (unpaired) electrons. The van der Waals surface area contributed by atoms with Gasteiger partial charge in [0, 0.05) is 31.6 Å². The van der Waals surface area contributed by atoms with Crippen LogP contribution in [-0.4, -0.2) is 67.1 Å². The van der Waals surface area contributed by atoms with E-state index in [-0.39, 0.29) is 5.92 Å². The number of hydrogen-bond acceptors (Lipinski definition) is 9. The van der Waals surface area contributed by atoms with Gasteiger partial charge in [-0.3, -0.25) is 0 Å². The molecule has 1 fully saturated rings. The molecule has 0 atom stereocenters. The minimum Gasteiger partial charge on any atom is -0.378 e. The van der Waals surface area contributed by atoms with Gasteiger partial charge in [0.25, 0.3) is 0 Å². The zero-order valence-electron chi connectivity index (χ0n) is 22.9. The average Bonchev–Trinajstić information content (AvgIpc) is 2.98. The first-order valence-electron chi connectivity index (χ1n) is 14.3. The highest BCUT2D eigenvalue weighted by Gasteiger charge is 2.17. The fraction of sp³-hybridized carbons (Fsp3) is 0.500. The normalized spacial score (nSPS) is 13.9. The molecule has 0 saturated heterocycles. The molecule has 4 rings (SSSR count). The van der Waals surface area contributed by atoms with Gasteiger partial charge in [-0.15, -0.1) is 0 Å². The second kappa shape index (κ2) is 16.6. The van der Waals surface area contributed by atoms with Crippen LogP contribution in [0.4, 0.5) is 17.8 Å². The summed E-state index contributed by atoms with van der Waals surface area (Å²) < 4.78 is 11.0. The van der Waals surface area contributed by atoms with Crippen molar-refractivity contribution in [2.75, 3.05) is 62.0 Å². The second-order valence-corrected chi connectivity index (χ2v) is 9.82. The standard InChI is InChI=1S/C30H43N7O2/c31-17-20-38-22-23-39-21-19-33-29-35-28(36-30(37-29)34-26-14-8-3-9-15-26)32-18-16-27(24-10-4-1-5-11-24)25-12-6-2-7-13-25/h1-2,4-7,10-13,26-27H,3,8-9,14-23,31H2,(H3,32,33,34,35,36,37). The van der Waals surface area contributed by atoms with Gasteiger partial charge in [0.15, 0.2) is 0 Å². The fourth-order valence-electron chi connectivity index (χ4n) is 4.89. The monoisotopic (exact) mass is 533 g/mol. The van der Waals surface area contributed by atoms with Gasteiger partial charge in [0.1, 0.15) is 0 Å². The van der Waals surface area contributed by atoms with E-state index in [2.05, 4.69) is 86.6 Å². The Morgan fingerprint density at radius 1 is 0.692 bits per heavy atom. The molecule has 1 aliphatic carbocycles. The number of rotatable bonds is 17. The lowest BCUT2D eigenvalue weighted by Gasteiger charge is -2.23. The van der Waals surface area contributed by atoms with Crippen LogP contribution in [-0.2, 0) is 9.47 Å². The van der Waals surface area contributed by atoms with Crippen LogP contribution in [0.3, 0.4) is 0 Å². The number of hydrogen-bond donors (Lipinski definition) is 4. The molecule has 9 heteroatoms. The molecular weight excluding hydrogens is 490 g/mol. The number of nitrogens with two attached hydrogens (primary N) is 1. The largest absolute Gasteiger partial charge is 0.378 e. The Hall–Kier alpha value is -3.27. The van der Waals surface area contributed by atoms with Gasteiger partial charge in [0.2, 0.25) is 17.8 Å². The van der Waals surface area contributed by atoms with Gasteiger partial charge < -0.3 is 31.2 Å². The Labute approximate surface area is 232 Å².